The van der Waals surface area contributed by atoms with Gasteiger partial charge in [-0.1, -0.05) is 0 Å². The van der Waals surface area contributed by atoms with Gasteiger partial charge >= 0.3 is 18.1 Å². The molecule has 132 valence electrons. The normalized spacial score (nSPS) is 11.3. The van der Waals surface area contributed by atoms with Gasteiger partial charge in [0.15, 0.2) is 5.69 Å². The Morgan fingerprint density at radius 3 is 2.00 bits per heavy atom. The number of pyridine rings is 1. The van der Waals surface area contributed by atoms with Gasteiger partial charge in [-0.3, -0.25) is 0 Å². The molecule has 0 aliphatic carbocycles. The fraction of sp³-hybridized carbons (Fsp3) is 0.385. The molecule has 0 aliphatic heterocycles. The van der Waals surface area contributed by atoms with Gasteiger partial charge in [0.25, 0.3) is 6.43 Å². The average molecular weight is 355 g/mol. The molecule has 0 bridgehead atoms. The van der Waals surface area contributed by atoms with E-state index < -0.39 is 59.0 Å². The minimum Gasteiger partial charge on any atom is -0.465 e. The van der Waals surface area contributed by atoms with Gasteiger partial charge in [0.05, 0.1) is 25.3 Å². The number of alkyl halides is 5. The number of carbonyl (C=O) groups excluding carboxylic acids is 3. The van der Waals surface area contributed by atoms with Crippen LogP contribution in [0.4, 0.5) is 22.0 Å². The molecule has 0 radical (unpaired) electrons. The van der Waals surface area contributed by atoms with E-state index in [1.165, 1.54) is 0 Å². The Balaban J connectivity index is 4.05. The molecule has 0 aromatic carbocycles. The number of esters is 2. The molecule has 1 rings (SSSR count). The number of nitrogens with zero attached hydrogens (tertiary/aromatic N) is 1. The summed E-state index contributed by atoms with van der Waals surface area (Å²) in [6.45, 7) is 0. The number of rotatable bonds is 5. The summed E-state index contributed by atoms with van der Waals surface area (Å²) in [7, 11) is 1.53. The van der Waals surface area contributed by atoms with Crippen molar-refractivity contribution in [2.75, 3.05) is 14.2 Å². The largest absolute Gasteiger partial charge is 0.465 e. The second-order valence-electron chi connectivity index (χ2n) is 4.23. The number of methoxy groups -OCH3 is 2. The molecule has 0 saturated heterocycles. The predicted molar refractivity (Wildman–Crippen MR) is 66.6 cm³/mol. The molecule has 0 aliphatic rings. The van der Waals surface area contributed by atoms with E-state index >= 15 is 0 Å². The maximum absolute atomic E-state index is 13.1. The Kier molecular flexibility index (Phi) is 5.93. The predicted octanol–water partition coefficient (Wildman–Crippen LogP) is 2.35. The van der Waals surface area contributed by atoms with Gasteiger partial charge < -0.3 is 14.3 Å². The lowest BCUT2D eigenvalue weighted by Crippen LogP contribution is -2.25. The van der Waals surface area contributed by atoms with Gasteiger partial charge in [-0.2, -0.15) is 13.2 Å². The maximum Gasteiger partial charge on any atom is 0.434 e. The first-order chi connectivity index (χ1) is 11.1. The third-order valence-corrected chi connectivity index (χ3v) is 2.87. The van der Waals surface area contributed by atoms with Crippen molar-refractivity contribution in [3.8, 4) is 0 Å². The van der Waals surface area contributed by atoms with Crippen molar-refractivity contribution >= 4 is 18.2 Å². The zero-order chi connectivity index (χ0) is 18.7. The SMILES string of the molecule is COC(=O)c1c(C(F)F)nc(C(F)(F)F)c(C(=O)OC)c1CC=O. The summed E-state index contributed by atoms with van der Waals surface area (Å²) in [5.74, 6) is -3.05. The molecule has 0 atom stereocenters. The summed E-state index contributed by atoms with van der Waals surface area (Å²) < 4.78 is 73.9. The van der Waals surface area contributed by atoms with E-state index in [2.05, 4.69) is 14.5 Å². The summed E-state index contributed by atoms with van der Waals surface area (Å²) >= 11 is 0. The smallest absolute Gasteiger partial charge is 0.434 e. The number of ether oxygens (including phenoxy) is 2. The molecule has 1 aromatic heterocycles. The summed E-state index contributed by atoms with van der Waals surface area (Å²) in [5.41, 5.74) is -6.77. The van der Waals surface area contributed by atoms with E-state index in [4.69, 9.17) is 0 Å². The topological polar surface area (TPSA) is 82.6 Å². The first-order valence-corrected chi connectivity index (χ1v) is 6.12. The lowest BCUT2D eigenvalue weighted by atomic mass is 9.95. The number of hydrogen-bond donors (Lipinski definition) is 0. The second kappa shape index (κ2) is 7.32. The van der Waals surface area contributed by atoms with Crippen molar-refractivity contribution in [1.29, 1.82) is 0 Å². The lowest BCUT2D eigenvalue weighted by molar-refractivity contribution is -0.142. The van der Waals surface area contributed by atoms with Crippen molar-refractivity contribution in [1.82, 2.24) is 4.98 Å². The van der Waals surface area contributed by atoms with E-state index in [9.17, 15) is 36.3 Å². The summed E-state index contributed by atoms with van der Waals surface area (Å²) in [6, 6.07) is 0. The van der Waals surface area contributed by atoms with Crippen LogP contribution in [0, 0.1) is 0 Å². The fourth-order valence-corrected chi connectivity index (χ4v) is 1.96. The van der Waals surface area contributed by atoms with Crippen LogP contribution in [0.2, 0.25) is 0 Å². The molecule has 1 aromatic rings. The van der Waals surface area contributed by atoms with Crippen LogP contribution in [0.25, 0.3) is 0 Å². The summed E-state index contributed by atoms with van der Waals surface area (Å²) in [4.78, 5) is 36.9. The first kappa shape index (κ1) is 19.5. The molecule has 0 unspecified atom stereocenters. The second-order valence-corrected chi connectivity index (χ2v) is 4.23. The quantitative estimate of drug-likeness (QED) is 0.458. The Morgan fingerprint density at radius 1 is 1.12 bits per heavy atom. The number of halogens is 5. The van der Waals surface area contributed by atoms with Crippen molar-refractivity contribution in [2.45, 2.75) is 19.0 Å². The molecule has 0 spiro atoms. The van der Waals surface area contributed by atoms with Crippen molar-refractivity contribution in [2.24, 2.45) is 0 Å². The fourth-order valence-electron chi connectivity index (χ4n) is 1.96. The average Bonchev–Trinajstić information content (AvgIpc) is 2.51. The lowest BCUT2D eigenvalue weighted by Gasteiger charge is -2.19. The molecule has 0 fully saturated rings. The number of hydrogen-bond acceptors (Lipinski definition) is 6. The highest BCUT2D eigenvalue weighted by atomic mass is 19.4. The van der Waals surface area contributed by atoms with Crippen LogP contribution in [-0.4, -0.2) is 37.4 Å². The Bertz CT molecular complexity index is 672. The highest BCUT2D eigenvalue weighted by molar-refractivity contribution is 6.00. The minimum atomic E-state index is -5.31. The monoisotopic (exact) mass is 355 g/mol. The molecular weight excluding hydrogens is 345 g/mol. The van der Waals surface area contributed by atoms with Crippen LogP contribution in [0.1, 0.15) is 44.1 Å². The minimum absolute atomic E-state index is 0.0453. The van der Waals surface area contributed by atoms with Gasteiger partial charge in [0.2, 0.25) is 0 Å². The maximum atomic E-state index is 13.1. The highest BCUT2D eigenvalue weighted by Gasteiger charge is 2.42. The Labute approximate surface area is 131 Å². The van der Waals surface area contributed by atoms with Gasteiger partial charge in [-0.05, 0) is 5.56 Å². The van der Waals surface area contributed by atoms with E-state index in [1.54, 1.807) is 0 Å². The number of carbonyl (C=O) groups is 3. The van der Waals surface area contributed by atoms with Crippen LogP contribution in [0.5, 0.6) is 0 Å². The summed E-state index contributed by atoms with van der Waals surface area (Å²) in [5, 5.41) is 0. The van der Waals surface area contributed by atoms with E-state index in [-0.39, 0.29) is 6.29 Å². The van der Waals surface area contributed by atoms with Gasteiger partial charge in [0.1, 0.15) is 12.0 Å². The molecular formula is C13H10F5NO5. The molecule has 1 heterocycles. The van der Waals surface area contributed by atoms with Gasteiger partial charge in [0, 0.05) is 6.42 Å². The number of aromatic nitrogens is 1. The third-order valence-electron chi connectivity index (χ3n) is 2.87. The molecule has 24 heavy (non-hydrogen) atoms. The van der Waals surface area contributed by atoms with Crippen LogP contribution in [0.3, 0.4) is 0 Å². The highest BCUT2D eigenvalue weighted by Crippen LogP contribution is 2.37. The molecule has 6 nitrogen and oxygen atoms in total. The van der Waals surface area contributed by atoms with Gasteiger partial charge in [-0.25, -0.2) is 23.4 Å². The van der Waals surface area contributed by atoms with Crippen LogP contribution < -0.4 is 0 Å². The van der Waals surface area contributed by atoms with Crippen LogP contribution in [-0.2, 0) is 26.9 Å². The van der Waals surface area contributed by atoms with E-state index in [1.807, 2.05) is 0 Å². The first-order valence-electron chi connectivity index (χ1n) is 6.12. The summed E-state index contributed by atoms with van der Waals surface area (Å²) in [6.07, 6.45) is -9.78. The van der Waals surface area contributed by atoms with Crippen molar-refractivity contribution in [3.05, 3.63) is 28.1 Å². The molecule has 0 N–H and O–H groups in total. The van der Waals surface area contributed by atoms with Crippen molar-refractivity contribution < 1.29 is 45.8 Å². The third kappa shape index (κ3) is 3.66. The van der Waals surface area contributed by atoms with E-state index in [0.717, 1.165) is 14.2 Å². The molecule has 0 amide bonds. The Morgan fingerprint density at radius 2 is 1.62 bits per heavy atom. The van der Waals surface area contributed by atoms with E-state index in [0.29, 0.717) is 0 Å². The van der Waals surface area contributed by atoms with Gasteiger partial charge in [-0.15, -0.1) is 0 Å². The standard InChI is InChI=1S/C13H10F5NO5/c1-23-11(21)6-5(3-4-20)7(12(22)24-2)9(13(16,17)18)19-8(6)10(14)15/h4,10H,3H2,1-2H3. The zero-order valence-electron chi connectivity index (χ0n) is 12.2. The van der Waals surface area contributed by atoms with Crippen LogP contribution in [0.15, 0.2) is 0 Å². The molecule has 0 saturated carbocycles. The Hall–Kier alpha value is -2.59. The van der Waals surface area contributed by atoms with Crippen molar-refractivity contribution in [3.63, 3.8) is 0 Å². The number of aldehydes is 1. The zero-order valence-corrected chi connectivity index (χ0v) is 12.2. The van der Waals surface area contributed by atoms with Crippen LogP contribution >= 0.6 is 0 Å². The molecule has 11 heteroatoms.